The molecule has 18 heavy (non-hydrogen) atoms. The van der Waals surface area contributed by atoms with Crippen LogP contribution in [0.15, 0.2) is 18.3 Å². The van der Waals surface area contributed by atoms with Crippen LogP contribution >= 0.6 is 0 Å². The third kappa shape index (κ3) is 3.98. The highest BCUT2D eigenvalue weighted by atomic mass is 16.5. The molecule has 1 unspecified atom stereocenters. The summed E-state index contributed by atoms with van der Waals surface area (Å²) in [5.41, 5.74) is 7.46. The molecule has 0 amide bonds. The largest absolute Gasteiger partial charge is 0.481 e. The molecule has 1 aromatic rings. The molecule has 0 aliphatic heterocycles. The van der Waals surface area contributed by atoms with Gasteiger partial charge in [-0.2, -0.15) is 0 Å². The number of aromatic nitrogens is 1. The van der Waals surface area contributed by atoms with Crippen LogP contribution in [-0.4, -0.2) is 18.1 Å². The molecule has 2 rings (SSSR count). The number of ether oxygens (including phenoxy) is 1. The van der Waals surface area contributed by atoms with Crippen LogP contribution in [0.25, 0.3) is 0 Å². The standard InChI is InChI=1S/C15H24N2O/c1-18-15-8-7-13(11-17-15)10-14(16)9-12-5-3-2-4-6-12/h7-8,11-12,14H,2-6,9-10,16H2,1H3. The first-order valence-electron chi connectivity index (χ1n) is 7.02. The number of hydrogen-bond acceptors (Lipinski definition) is 3. The first kappa shape index (κ1) is 13.3. The Morgan fingerprint density at radius 3 is 2.72 bits per heavy atom. The van der Waals surface area contributed by atoms with Gasteiger partial charge in [0.1, 0.15) is 0 Å². The summed E-state index contributed by atoms with van der Waals surface area (Å²) in [5, 5.41) is 0. The number of methoxy groups -OCH3 is 1. The molecule has 1 aromatic heterocycles. The van der Waals surface area contributed by atoms with E-state index in [1.54, 1.807) is 7.11 Å². The maximum Gasteiger partial charge on any atom is 0.212 e. The van der Waals surface area contributed by atoms with Crippen molar-refractivity contribution in [2.24, 2.45) is 11.7 Å². The molecular weight excluding hydrogens is 224 g/mol. The molecule has 1 fully saturated rings. The van der Waals surface area contributed by atoms with Crippen molar-refractivity contribution in [2.45, 2.75) is 51.0 Å². The van der Waals surface area contributed by atoms with E-state index in [0.29, 0.717) is 5.88 Å². The van der Waals surface area contributed by atoms with E-state index in [0.717, 1.165) is 18.8 Å². The minimum atomic E-state index is 0.267. The maximum absolute atomic E-state index is 6.25. The molecule has 1 aliphatic carbocycles. The lowest BCUT2D eigenvalue weighted by atomic mass is 9.84. The summed E-state index contributed by atoms with van der Waals surface area (Å²) in [7, 11) is 1.64. The highest BCUT2D eigenvalue weighted by Crippen LogP contribution is 2.27. The molecule has 3 nitrogen and oxygen atoms in total. The Morgan fingerprint density at radius 1 is 1.33 bits per heavy atom. The molecule has 1 heterocycles. The molecule has 0 spiro atoms. The van der Waals surface area contributed by atoms with Crippen LogP contribution in [0.3, 0.4) is 0 Å². The first-order valence-corrected chi connectivity index (χ1v) is 7.02. The Kier molecular flexibility index (Phi) is 5.00. The molecule has 0 radical (unpaired) electrons. The number of nitrogens with two attached hydrogens (primary N) is 1. The van der Waals surface area contributed by atoms with E-state index in [2.05, 4.69) is 11.1 Å². The minimum Gasteiger partial charge on any atom is -0.481 e. The van der Waals surface area contributed by atoms with Gasteiger partial charge in [-0.05, 0) is 24.3 Å². The average molecular weight is 248 g/mol. The highest BCUT2D eigenvalue weighted by Gasteiger charge is 2.16. The van der Waals surface area contributed by atoms with E-state index < -0.39 is 0 Å². The van der Waals surface area contributed by atoms with Gasteiger partial charge in [-0.15, -0.1) is 0 Å². The van der Waals surface area contributed by atoms with Crippen molar-refractivity contribution in [3.63, 3.8) is 0 Å². The predicted molar refractivity (Wildman–Crippen MR) is 73.7 cm³/mol. The molecule has 1 aliphatic rings. The van der Waals surface area contributed by atoms with Crippen molar-refractivity contribution in [3.05, 3.63) is 23.9 Å². The normalized spacial score (nSPS) is 18.6. The van der Waals surface area contributed by atoms with Crippen LogP contribution in [0, 0.1) is 5.92 Å². The molecular formula is C15H24N2O. The smallest absolute Gasteiger partial charge is 0.212 e. The van der Waals surface area contributed by atoms with Crippen LogP contribution in [0.2, 0.25) is 0 Å². The predicted octanol–water partition coefficient (Wildman–Crippen LogP) is 2.93. The maximum atomic E-state index is 6.25. The summed E-state index contributed by atoms with van der Waals surface area (Å²) in [4.78, 5) is 4.22. The summed E-state index contributed by atoms with van der Waals surface area (Å²) >= 11 is 0. The molecule has 3 heteroatoms. The van der Waals surface area contributed by atoms with Gasteiger partial charge < -0.3 is 10.5 Å². The van der Waals surface area contributed by atoms with Gasteiger partial charge in [0.2, 0.25) is 5.88 Å². The lowest BCUT2D eigenvalue weighted by Gasteiger charge is -2.24. The Morgan fingerprint density at radius 2 is 2.11 bits per heavy atom. The van der Waals surface area contributed by atoms with Crippen LogP contribution < -0.4 is 10.5 Å². The molecule has 2 N–H and O–H groups in total. The van der Waals surface area contributed by atoms with Crippen molar-refractivity contribution in [1.82, 2.24) is 4.98 Å². The fourth-order valence-electron chi connectivity index (χ4n) is 2.89. The Balaban J connectivity index is 1.80. The third-order valence-corrected chi connectivity index (χ3v) is 3.87. The molecule has 1 saturated carbocycles. The molecule has 100 valence electrons. The fraction of sp³-hybridized carbons (Fsp3) is 0.667. The zero-order valence-electron chi connectivity index (χ0n) is 11.3. The van der Waals surface area contributed by atoms with E-state index in [-0.39, 0.29) is 6.04 Å². The van der Waals surface area contributed by atoms with E-state index >= 15 is 0 Å². The topological polar surface area (TPSA) is 48.1 Å². The first-order chi connectivity index (χ1) is 8.78. The summed E-state index contributed by atoms with van der Waals surface area (Å²) in [6.07, 6.45) is 10.9. The fourth-order valence-corrected chi connectivity index (χ4v) is 2.89. The van der Waals surface area contributed by atoms with Crippen molar-refractivity contribution in [3.8, 4) is 5.88 Å². The van der Waals surface area contributed by atoms with Crippen molar-refractivity contribution in [2.75, 3.05) is 7.11 Å². The number of nitrogens with zero attached hydrogens (tertiary/aromatic N) is 1. The minimum absolute atomic E-state index is 0.267. The van der Waals surface area contributed by atoms with Crippen molar-refractivity contribution in [1.29, 1.82) is 0 Å². The Bertz CT molecular complexity index is 344. The number of hydrogen-bond donors (Lipinski definition) is 1. The zero-order valence-corrected chi connectivity index (χ0v) is 11.3. The molecule has 0 bridgehead atoms. The van der Waals surface area contributed by atoms with E-state index in [1.807, 2.05) is 12.3 Å². The lowest BCUT2D eigenvalue weighted by molar-refractivity contribution is 0.316. The zero-order chi connectivity index (χ0) is 12.8. The van der Waals surface area contributed by atoms with Gasteiger partial charge in [-0.25, -0.2) is 4.98 Å². The average Bonchev–Trinajstić information content (AvgIpc) is 2.40. The monoisotopic (exact) mass is 248 g/mol. The van der Waals surface area contributed by atoms with Crippen molar-refractivity contribution < 1.29 is 4.74 Å². The molecule has 0 aromatic carbocycles. The third-order valence-electron chi connectivity index (χ3n) is 3.87. The Labute approximate surface area is 110 Å². The quantitative estimate of drug-likeness (QED) is 0.871. The van der Waals surface area contributed by atoms with E-state index in [9.17, 15) is 0 Å². The Hall–Kier alpha value is -1.09. The summed E-state index contributed by atoms with van der Waals surface area (Å²) in [6.45, 7) is 0. The highest BCUT2D eigenvalue weighted by molar-refractivity contribution is 5.18. The van der Waals surface area contributed by atoms with Crippen LogP contribution in [-0.2, 0) is 6.42 Å². The van der Waals surface area contributed by atoms with Crippen molar-refractivity contribution >= 4 is 0 Å². The van der Waals surface area contributed by atoms with Crippen LogP contribution in [0.5, 0.6) is 5.88 Å². The molecule has 0 saturated heterocycles. The van der Waals surface area contributed by atoms with Gasteiger partial charge in [-0.1, -0.05) is 38.2 Å². The van der Waals surface area contributed by atoms with Crippen LogP contribution in [0.4, 0.5) is 0 Å². The van der Waals surface area contributed by atoms with Gasteiger partial charge >= 0.3 is 0 Å². The van der Waals surface area contributed by atoms with E-state index in [4.69, 9.17) is 10.5 Å². The second-order valence-electron chi connectivity index (χ2n) is 5.41. The van der Waals surface area contributed by atoms with Crippen LogP contribution in [0.1, 0.15) is 44.1 Å². The van der Waals surface area contributed by atoms with Gasteiger partial charge in [0.05, 0.1) is 7.11 Å². The SMILES string of the molecule is COc1ccc(CC(N)CC2CCCCC2)cn1. The molecule has 1 atom stereocenters. The summed E-state index contributed by atoms with van der Waals surface area (Å²) in [5.74, 6) is 1.51. The summed E-state index contributed by atoms with van der Waals surface area (Å²) in [6, 6.07) is 4.23. The lowest BCUT2D eigenvalue weighted by Crippen LogP contribution is -2.27. The van der Waals surface area contributed by atoms with Gasteiger partial charge in [0.15, 0.2) is 0 Å². The second kappa shape index (κ2) is 6.74. The van der Waals surface area contributed by atoms with E-state index in [1.165, 1.54) is 37.7 Å². The number of rotatable bonds is 5. The van der Waals surface area contributed by atoms with Gasteiger partial charge in [0, 0.05) is 18.3 Å². The van der Waals surface area contributed by atoms with Gasteiger partial charge in [0.25, 0.3) is 0 Å². The summed E-state index contributed by atoms with van der Waals surface area (Å²) < 4.78 is 5.05. The second-order valence-corrected chi connectivity index (χ2v) is 5.41. The number of pyridine rings is 1. The van der Waals surface area contributed by atoms with Gasteiger partial charge in [-0.3, -0.25) is 0 Å².